The molecule has 0 saturated carbocycles. The second-order valence-corrected chi connectivity index (χ2v) is 2.48. The van der Waals surface area contributed by atoms with Gasteiger partial charge >= 0.3 is 5.97 Å². The number of esters is 1. The first-order chi connectivity index (χ1) is 5.31. The molecule has 3 nitrogen and oxygen atoms in total. The molecule has 68 valence electrons. The van der Waals surface area contributed by atoms with Gasteiger partial charge in [0.15, 0.2) is 0 Å². The lowest BCUT2D eigenvalue weighted by atomic mass is 10.5. The Hall–Kier alpha value is -0.220. The van der Waals surface area contributed by atoms with Crippen LogP contribution in [0.15, 0.2) is 0 Å². The first kappa shape index (κ1) is 13.4. The number of carbonyl (C=O) groups is 1. The molecule has 0 aromatic heterocycles. The van der Waals surface area contributed by atoms with Gasteiger partial charge in [-0.3, -0.25) is 9.52 Å². The van der Waals surface area contributed by atoms with Crippen LogP contribution in [-0.2, 0) is 9.53 Å². The van der Waals surface area contributed by atoms with E-state index in [1.807, 2.05) is 20.9 Å². The highest BCUT2D eigenvalue weighted by Crippen LogP contribution is 1.95. The molecular formula is C7H17NO2S. The van der Waals surface area contributed by atoms with Crippen LogP contribution in [0.25, 0.3) is 0 Å². The molecule has 0 aliphatic carbocycles. The summed E-state index contributed by atoms with van der Waals surface area (Å²) < 4.78 is 7.27. The van der Waals surface area contributed by atoms with Crippen LogP contribution >= 0.6 is 11.9 Å². The second kappa shape index (κ2) is 12.5. The summed E-state index contributed by atoms with van der Waals surface area (Å²) in [7, 11) is 3.22. The Bertz CT molecular complexity index is 88.5. The molecule has 4 heteroatoms. The number of hydrogen-bond acceptors (Lipinski definition) is 4. The number of hydrogen-bond donors (Lipinski definition) is 1. The van der Waals surface area contributed by atoms with Gasteiger partial charge < -0.3 is 4.74 Å². The van der Waals surface area contributed by atoms with Crippen LogP contribution in [0.3, 0.4) is 0 Å². The third-order valence-corrected chi connectivity index (χ3v) is 1.48. The van der Waals surface area contributed by atoms with Crippen molar-refractivity contribution in [3.8, 4) is 0 Å². The van der Waals surface area contributed by atoms with Crippen LogP contribution in [0.1, 0.15) is 20.3 Å². The molecule has 0 atom stereocenters. The predicted octanol–water partition coefficient (Wildman–Crippen LogP) is 1.44. The summed E-state index contributed by atoms with van der Waals surface area (Å²) >= 11 is 1.50. The SMILES string of the molecule is CC.CNSCCC(=O)OC. The minimum absolute atomic E-state index is 0.155. The van der Waals surface area contributed by atoms with Gasteiger partial charge in [0, 0.05) is 5.75 Å². The lowest BCUT2D eigenvalue weighted by Crippen LogP contribution is -2.03. The molecule has 11 heavy (non-hydrogen) atoms. The molecule has 0 unspecified atom stereocenters. The smallest absolute Gasteiger partial charge is 0.306 e. The number of rotatable bonds is 4. The van der Waals surface area contributed by atoms with E-state index >= 15 is 0 Å². The van der Waals surface area contributed by atoms with Gasteiger partial charge in [-0.05, 0) is 7.05 Å². The van der Waals surface area contributed by atoms with E-state index in [-0.39, 0.29) is 5.97 Å². The predicted molar refractivity (Wildman–Crippen MR) is 49.5 cm³/mol. The fraction of sp³-hybridized carbons (Fsp3) is 0.857. The molecule has 0 aliphatic heterocycles. The van der Waals surface area contributed by atoms with Gasteiger partial charge in [-0.2, -0.15) is 0 Å². The van der Waals surface area contributed by atoms with Crippen molar-refractivity contribution < 1.29 is 9.53 Å². The van der Waals surface area contributed by atoms with Crippen molar-refractivity contribution >= 4 is 17.9 Å². The van der Waals surface area contributed by atoms with E-state index in [0.29, 0.717) is 6.42 Å². The molecule has 1 N–H and O–H groups in total. The Morgan fingerprint density at radius 3 is 2.45 bits per heavy atom. The monoisotopic (exact) mass is 179 g/mol. The van der Waals surface area contributed by atoms with Crippen molar-refractivity contribution in [1.29, 1.82) is 0 Å². The lowest BCUT2D eigenvalue weighted by Gasteiger charge is -1.96. The third-order valence-electron chi connectivity index (χ3n) is 0.780. The number of methoxy groups -OCH3 is 1. The molecular weight excluding hydrogens is 162 g/mol. The van der Waals surface area contributed by atoms with Gasteiger partial charge in [-0.1, -0.05) is 25.8 Å². The molecule has 0 rings (SSSR count). The quantitative estimate of drug-likeness (QED) is 0.402. The van der Waals surface area contributed by atoms with E-state index in [0.717, 1.165) is 5.75 Å². The molecule has 0 amide bonds. The average Bonchev–Trinajstić information content (AvgIpc) is 2.08. The van der Waals surface area contributed by atoms with Gasteiger partial charge in [0.05, 0.1) is 13.5 Å². The zero-order valence-electron chi connectivity index (χ0n) is 7.64. The van der Waals surface area contributed by atoms with Crippen molar-refractivity contribution in [3.05, 3.63) is 0 Å². The molecule has 0 heterocycles. The van der Waals surface area contributed by atoms with Gasteiger partial charge in [-0.25, -0.2) is 0 Å². The number of carbonyl (C=O) groups excluding carboxylic acids is 1. The largest absolute Gasteiger partial charge is 0.469 e. The summed E-state index contributed by atoms with van der Waals surface area (Å²) in [5, 5.41) is 0. The van der Waals surface area contributed by atoms with E-state index in [1.54, 1.807) is 0 Å². The van der Waals surface area contributed by atoms with Crippen molar-refractivity contribution in [3.63, 3.8) is 0 Å². The van der Waals surface area contributed by atoms with Crippen LogP contribution < -0.4 is 4.72 Å². The third kappa shape index (κ3) is 12.9. The average molecular weight is 179 g/mol. The minimum atomic E-state index is -0.155. The molecule has 0 aromatic rings. The van der Waals surface area contributed by atoms with Crippen molar-refractivity contribution in [2.75, 3.05) is 19.9 Å². The highest BCUT2D eigenvalue weighted by Gasteiger charge is 1.96. The fourth-order valence-corrected chi connectivity index (χ4v) is 0.811. The second-order valence-electron chi connectivity index (χ2n) is 1.38. The van der Waals surface area contributed by atoms with E-state index < -0.39 is 0 Å². The molecule has 0 spiro atoms. The summed E-state index contributed by atoms with van der Waals surface area (Å²) in [4.78, 5) is 10.4. The standard InChI is InChI=1S/C5H11NO2S.C2H6/c1-6-9-4-3-5(7)8-2;1-2/h6H,3-4H2,1-2H3;1-2H3. The van der Waals surface area contributed by atoms with E-state index in [4.69, 9.17) is 0 Å². The van der Waals surface area contributed by atoms with E-state index in [1.165, 1.54) is 19.1 Å². The zero-order chi connectivity index (χ0) is 9.11. The van der Waals surface area contributed by atoms with E-state index in [9.17, 15) is 4.79 Å². The van der Waals surface area contributed by atoms with E-state index in [2.05, 4.69) is 9.46 Å². The Morgan fingerprint density at radius 2 is 2.09 bits per heavy atom. The topological polar surface area (TPSA) is 38.3 Å². The summed E-state index contributed by atoms with van der Waals surface area (Å²) in [5.41, 5.74) is 0. The van der Waals surface area contributed by atoms with Crippen molar-refractivity contribution in [2.24, 2.45) is 0 Å². The normalized spacial score (nSPS) is 8.00. The van der Waals surface area contributed by atoms with Gasteiger partial charge in [0.1, 0.15) is 0 Å². The van der Waals surface area contributed by atoms with Gasteiger partial charge in [0.25, 0.3) is 0 Å². The molecule has 0 aliphatic rings. The molecule has 0 bridgehead atoms. The van der Waals surface area contributed by atoms with Crippen LogP contribution in [0.4, 0.5) is 0 Å². The van der Waals surface area contributed by atoms with Gasteiger partial charge in [0.2, 0.25) is 0 Å². The Kier molecular flexibility index (Phi) is 15.1. The number of nitrogens with one attached hydrogen (secondary N) is 1. The summed E-state index contributed by atoms with van der Waals surface area (Å²) in [6.07, 6.45) is 0.474. The first-order valence-corrected chi connectivity index (χ1v) is 4.65. The van der Waals surface area contributed by atoms with Crippen molar-refractivity contribution in [2.45, 2.75) is 20.3 Å². The minimum Gasteiger partial charge on any atom is -0.469 e. The lowest BCUT2D eigenvalue weighted by molar-refractivity contribution is -0.140. The Balaban J connectivity index is 0. The maximum atomic E-state index is 10.4. The molecule has 0 aromatic carbocycles. The maximum absolute atomic E-state index is 10.4. The first-order valence-electron chi connectivity index (χ1n) is 3.66. The van der Waals surface area contributed by atoms with Gasteiger partial charge in [-0.15, -0.1) is 0 Å². The highest BCUT2D eigenvalue weighted by molar-refractivity contribution is 7.97. The number of ether oxygens (including phenoxy) is 1. The summed E-state index contributed by atoms with van der Waals surface area (Å²) in [5.74, 6) is 0.612. The van der Waals surface area contributed by atoms with Crippen LogP contribution in [0.5, 0.6) is 0 Å². The molecule has 0 saturated heterocycles. The van der Waals surface area contributed by atoms with Crippen LogP contribution in [0, 0.1) is 0 Å². The maximum Gasteiger partial charge on any atom is 0.306 e. The van der Waals surface area contributed by atoms with Crippen LogP contribution in [0.2, 0.25) is 0 Å². The summed E-state index contributed by atoms with van der Waals surface area (Å²) in [6, 6.07) is 0. The summed E-state index contributed by atoms with van der Waals surface area (Å²) in [6.45, 7) is 4.00. The fourth-order valence-electron chi connectivity index (χ4n) is 0.338. The van der Waals surface area contributed by atoms with Crippen molar-refractivity contribution in [1.82, 2.24) is 4.72 Å². The highest BCUT2D eigenvalue weighted by atomic mass is 32.2. The molecule has 0 fully saturated rings. The molecule has 0 radical (unpaired) electrons. The Labute approximate surface area is 73.0 Å². The zero-order valence-corrected chi connectivity index (χ0v) is 8.46. The van der Waals surface area contributed by atoms with Crippen LogP contribution in [-0.4, -0.2) is 25.9 Å². The Morgan fingerprint density at radius 1 is 1.55 bits per heavy atom.